The fourth-order valence-corrected chi connectivity index (χ4v) is 6.49. The Morgan fingerprint density at radius 3 is 2.70 bits per heavy atom. The van der Waals surface area contributed by atoms with Gasteiger partial charge in [-0.2, -0.15) is 5.10 Å². The molecule has 2 aromatic carbocycles. The molecule has 2 aromatic heterocycles. The van der Waals surface area contributed by atoms with E-state index in [2.05, 4.69) is 10.5 Å². The molecule has 0 spiro atoms. The predicted molar refractivity (Wildman–Crippen MR) is 151 cm³/mol. The number of aryl methyl sites for hydroxylation is 2. The molecule has 0 atom stereocenters. The Labute approximate surface area is 227 Å². The summed E-state index contributed by atoms with van der Waals surface area (Å²) in [5, 5.41) is 5.79. The molecule has 5 rings (SSSR count). The average molecular weight is 553 g/mol. The highest BCUT2D eigenvalue weighted by Gasteiger charge is 2.23. The van der Waals surface area contributed by atoms with Crippen LogP contribution in [0.1, 0.15) is 35.8 Å². The fourth-order valence-electron chi connectivity index (χ4n) is 4.26. The third-order valence-corrected chi connectivity index (χ3v) is 8.35. The van der Waals surface area contributed by atoms with Gasteiger partial charge < -0.3 is 4.74 Å². The molecule has 0 aliphatic heterocycles. The lowest BCUT2D eigenvalue weighted by molar-refractivity contribution is -0.118. The highest BCUT2D eigenvalue weighted by molar-refractivity contribution is 7.99. The van der Waals surface area contributed by atoms with Crippen molar-refractivity contribution >= 4 is 57.0 Å². The molecule has 0 saturated carbocycles. The first kappa shape index (κ1) is 25.5. The number of carbonyl (C=O) groups is 1. The van der Waals surface area contributed by atoms with E-state index < -0.39 is 0 Å². The second kappa shape index (κ2) is 11.5. The SMILES string of the molecule is CCOc1ccc(C=NNC(=O)CSc2nc3sc4c(c3c(=O)n2-c2ccc(Cl)cc2)CCCC4)cc1. The van der Waals surface area contributed by atoms with Crippen molar-refractivity contribution in [1.29, 1.82) is 0 Å². The highest BCUT2D eigenvalue weighted by atomic mass is 35.5. The van der Waals surface area contributed by atoms with E-state index in [0.717, 1.165) is 47.4 Å². The van der Waals surface area contributed by atoms with Gasteiger partial charge in [0.25, 0.3) is 11.5 Å². The van der Waals surface area contributed by atoms with Gasteiger partial charge in [-0.3, -0.25) is 14.2 Å². The van der Waals surface area contributed by atoms with E-state index in [1.807, 2.05) is 31.2 Å². The minimum Gasteiger partial charge on any atom is -0.494 e. The van der Waals surface area contributed by atoms with E-state index in [-0.39, 0.29) is 17.2 Å². The Hall–Kier alpha value is -3.14. The summed E-state index contributed by atoms with van der Waals surface area (Å²) in [6.45, 7) is 2.53. The zero-order valence-corrected chi connectivity index (χ0v) is 22.6. The third kappa shape index (κ3) is 5.74. The van der Waals surface area contributed by atoms with Crippen molar-refractivity contribution < 1.29 is 9.53 Å². The number of rotatable bonds is 8. The number of halogens is 1. The first-order chi connectivity index (χ1) is 18.0. The summed E-state index contributed by atoms with van der Waals surface area (Å²) >= 11 is 8.89. The Balaban J connectivity index is 1.37. The summed E-state index contributed by atoms with van der Waals surface area (Å²) in [6, 6.07) is 14.5. The van der Waals surface area contributed by atoms with Crippen LogP contribution in [0.3, 0.4) is 0 Å². The predicted octanol–water partition coefficient (Wildman–Crippen LogP) is 5.62. The van der Waals surface area contributed by atoms with Gasteiger partial charge in [0, 0.05) is 9.90 Å². The number of hydrogen-bond donors (Lipinski definition) is 1. The Morgan fingerprint density at radius 2 is 1.95 bits per heavy atom. The maximum atomic E-state index is 13.8. The van der Waals surface area contributed by atoms with E-state index in [9.17, 15) is 9.59 Å². The average Bonchev–Trinajstić information content (AvgIpc) is 3.28. The zero-order valence-electron chi connectivity index (χ0n) is 20.2. The van der Waals surface area contributed by atoms with Gasteiger partial charge in [-0.15, -0.1) is 11.3 Å². The van der Waals surface area contributed by atoms with Gasteiger partial charge in [0.15, 0.2) is 5.16 Å². The first-order valence-electron chi connectivity index (χ1n) is 12.0. The smallest absolute Gasteiger partial charge is 0.267 e. The quantitative estimate of drug-likeness (QED) is 0.133. The minimum absolute atomic E-state index is 0.0528. The number of amides is 1. The highest BCUT2D eigenvalue weighted by Crippen LogP contribution is 2.35. The number of aromatic nitrogens is 2. The van der Waals surface area contributed by atoms with Gasteiger partial charge in [0.05, 0.1) is 29.6 Å². The molecule has 1 N–H and O–H groups in total. The molecule has 37 heavy (non-hydrogen) atoms. The number of benzene rings is 2. The molecule has 0 saturated heterocycles. The number of nitrogens with one attached hydrogen (secondary N) is 1. The van der Waals surface area contributed by atoms with Crippen molar-refractivity contribution in [3.63, 3.8) is 0 Å². The van der Waals surface area contributed by atoms with Crippen LogP contribution in [-0.4, -0.2) is 34.0 Å². The molecule has 0 bridgehead atoms. The van der Waals surface area contributed by atoms with Crippen molar-refractivity contribution in [3.8, 4) is 11.4 Å². The van der Waals surface area contributed by atoms with Crippen LogP contribution in [0.2, 0.25) is 5.02 Å². The van der Waals surface area contributed by atoms with Gasteiger partial charge >= 0.3 is 0 Å². The molecule has 0 unspecified atom stereocenters. The maximum absolute atomic E-state index is 13.8. The summed E-state index contributed by atoms with van der Waals surface area (Å²) < 4.78 is 7.02. The van der Waals surface area contributed by atoms with Crippen LogP contribution in [0.5, 0.6) is 5.75 Å². The van der Waals surface area contributed by atoms with Gasteiger partial charge in [-0.1, -0.05) is 23.4 Å². The summed E-state index contributed by atoms with van der Waals surface area (Å²) in [5.41, 5.74) is 5.07. The maximum Gasteiger partial charge on any atom is 0.267 e. The second-order valence-electron chi connectivity index (χ2n) is 8.49. The van der Waals surface area contributed by atoms with Crippen LogP contribution in [0.25, 0.3) is 15.9 Å². The molecule has 4 aromatic rings. The second-order valence-corrected chi connectivity index (χ2v) is 10.9. The summed E-state index contributed by atoms with van der Waals surface area (Å²) in [7, 11) is 0. The normalized spacial score (nSPS) is 13.1. The number of ether oxygens (including phenoxy) is 1. The minimum atomic E-state index is -0.297. The molecular formula is C27H25ClN4O3S2. The van der Waals surface area contributed by atoms with Crippen LogP contribution in [0, 0.1) is 0 Å². The van der Waals surface area contributed by atoms with Crippen LogP contribution in [0.4, 0.5) is 0 Å². The summed E-state index contributed by atoms with van der Waals surface area (Å²) in [4.78, 5) is 33.1. The standard InChI is InChI=1S/C27H25ClN4O3S2/c1-2-35-20-13-7-17(8-14-20)15-29-31-23(33)16-36-27-30-25-24(21-5-3-4-6-22(21)37-25)26(34)32(27)19-11-9-18(28)10-12-19/h7-15H,2-6,16H2,1H3,(H,31,33). The fraction of sp³-hybridized carbons (Fsp3) is 0.259. The molecule has 0 radical (unpaired) electrons. The Bertz CT molecular complexity index is 1510. The van der Waals surface area contributed by atoms with Crippen LogP contribution in [0.15, 0.2) is 63.6 Å². The summed E-state index contributed by atoms with van der Waals surface area (Å²) in [6.07, 6.45) is 5.65. The number of carbonyl (C=O) groups excluding carboxylic acids is 1. The van der Waals surface area contributed by atoms with E-state index in [4.69, 9.17) is 21.3 Å². The molecule has 10 heteroatoms. The van der Waals surface area contributed by atoms with Gasteiger partial charge in [-0.25, -0.2) is 10.4 Å². The number of nitrogens with zero attached hydrogens (tertiary/aromatic N) is 3. The number of hydrogen-bond acceptors (Lipinski definition) is 7. The number of thiophene rings is 1. The molecule has 1 amide bonds. The van der Waals surface area contributed by atoms with Gasteiger partial charge in [0.2, 0.25) is 0 Å². The number of fused-ring (bicyclic) bond motifs is 3. The van der Waals surface area contributed by atoms with Crippen molar-refractivity contribution in [2.75, 3.05) is 12.4 Å². The van der Waals surface area contributed by atoms with Crippen LogP contribution in [-0.2, 0) is 17.6 Å². The van der Waals surface area contributed by atoms with E-state index in [1.54, 1.807) is 46.4 Å². The van der Waals surface area contributed by atoms with Gasteiger partial charge in [0.1, 0.15) is 10.6 Å². The van der Waals surface area contributed by atoms with Crippen LogP contribution < -0.4 is 15.7 Å². The van der Waals surface area contributed by atoms with Gasteiger partial charge in [-0.05, 0) is 92.3 Å². The van der Waals surface area contributed by atoms with Crippen LogP contribution >= 0.6 is 34.7 Å². The molecule has 0 fully saturated rings. The zero-order chi connectivity index (χ0) is 25.8. The van der Waals surface area contributed by atoms with E-state index in [0.29, 0.717) is 27.9 Å². The van der Waals surface area contributed by atoms with E-state index >= 15 is 0 Å². The third-order valence-electron chi connectivity index (χ3n) is 5.97. The molecule has 2 heterocycles. The molecule has 7 nitrogen and oxygen atoms in total. The number of hydrazone groups is 1. The lowest BCUT2D eigenvalue weighted by Crippen LogP contribution is -2.24. The topological polar surface area (TPSA) is 85.6 Å². The largest absolute Gasteiger partial charge is 0.494 e. The Kier molecular flexibility index (Phi) is 7.93. The van der Waals surface area contributed by atoms with E-state index in [1.165, 1.54) is 16.6 Å². The molecular weight excluding hydrogens is 528 g/mol. The monoisotopic (exact) mass is 552 g/mol. The molecule has 190 valence electrons. The molecule has 1 aliphatic rings. The lowest BCUT2D eigenvalue weighted by Gasteiger charge is -2.13. The van der Waals surface area contributed by atoms with Crippen molar-refractivity contribution in [3.05, 3.63) is 79.9 Å². The van der Waals surface area contributed by atoms with Crippen molar-refractivity contribution in [1.82, 2.24) is 15.0 Å². The first-order valence-corrected chi connectivity index (χ1v) is 14.2. The lowest BCUT2D eigenvalue weighted by atomic mass is 9.97. The van der Waals surface area contributed by atoms with Crippen molar-refractivity contribution in [2.24, 2.45) is 5.10 Å². The molecule has 1 aliphatic carbocycles. The van der Waals surface area contributed by atoms with Crippen molar-refractivity contribution in [2.45, 2.75) is 37.8 Å². The number of thioether (sulfide) groups is 1. The Morgan fingerprint density at radius 1 is 1.19 bits per heavy atom. The summed E-state index contributed by atoms with van der Waals surface area (Å²) in [5.74, 6) is 0.537.